The Morgan fingerprint density at radius 3 is 2.52 bits per heavy atom. The monoisotopic (exact) mass is 315 g/mol. The topological polar surface area (TPSA) is 75.6 Å². The van der Waals surface area contributed by atoms with E-state index in [1.54, 1.807) is 13.0 Å². The van der Waals surface area contributed by atoms with Crippen LogP contribution in [0.4, 0.5) is 0 Å². The van der Waals surface area contributed by atoms with Crippen LogP contribution >= 0.6 is 0 Å². The molecule has 0 amide bonds. The van der Waals surface area contributed by atoms with Gasteiger partial charge in [0.1, 0.15) is 0 Å². The van der Waals surface area contributed by atoms with Crippen molar-refractivity contribution in [3.05, 3.63) is 28.8 Å². The van der Waals surface area contributed by atoms with E-state index in [1.807, 2.05) is 20.8 Å². The predicted molar refractivity (Wildman–Crippen MR) is 82.7 cm³/mol. The Balaban J connectivity index is 2.76. The van der Waals surface area contributed by atoms with Crippen LogP contribution in [-0.2, 0) is 21.4 Å². The van der Waals surface area contributed by atoms with Crippen molar-refractivity contribution in [2.45, 2.75) is 39.2 Å². The highest BCUT2D eigenvalue weighted by Crippen LogP contribution is 2.21. The maximum Gasteiger partial charge on any atom is 0.240 e. The summed E-state index contributed by atoms with van der Waals surface area (Å²) >= 11 is 0. The van der Waals surface area contributed by atoms with Gasteiger partial charge in [-0.2, -0.15) is 0 Å². The largest absolute Gasteiger partial charge is 0.392 e. The number of aryl methyl sites for hydroxylation is 1. The summed E-state index contributed by atoms with van der Waals surface area (Å²) in [6.45, 7) is 8.68. The second kappa shape index (κ2) is 7.89. The van der Waals surface area contributed by atoms with Gasteiger partial charge in [0, 0.05) is 13.2 Å². The molecule has 0 radical (unpaired) electrons. The highest BCUT2D eigenvalue weighted by Gasteiger charge is 2.18. The molecule has 21 heavy (non-hydrogen) atoms. The molecule has 120 valence electrons. The molecule has 0 aromatic heterocycles. The zero-order valence-corrected chi connectivity index (χ0v) is 14.0. The van der Waals surface area contributed by atoms with Crippen molar-refractivity contribution in [3.63, 3.8) is 0 Å². The Labute approximate surface area is 127 Å². The number of hydrogen-bond acceptors (Lipinski definition) is 4. The van der Waals surface area contributed by atoms with Gasteiger partial charge in [-0.1, -0.05) is 19.9 Å². The van der Waals surface area contributed by atoms with Gasteiger partial charge in [0.25, 0.3) is 0 Å². The van der Waals surface area contributed by atoms with Crippen LogP contribution < -0.4 is 4.72 Å². The molecule has 1 aromatic rings. The van der Waals surface area contributed by atoms with Crippen molar-refractivity contribution in [1.82, 2.24) is 4.72 Å². The van der Waals surface area contributed by atoms with Crippen LogP contribution in [-0.4, -0.2) is 33.3 Å². The molecule has 0 aliphatic heterocycles. The lowest BCUT2D eigenvalue weighted by molar-refractivity contribution is 0.114. The Hall–Kier alpha value is -0.950. The van der Waals surface area contributed by atoms with Crippen molar-refractivity contribution >= 4 is 10.0 Å². The fraction of sp³-hybridized carbons (Fsp3) is 0.600. The first-order chi connectivity index (χ1) is 9.77. The lowest BCUT2D eigenvalue weighted by Crippen LogP contribution is -2.28. The first kappa shape index (κ1) is 18.1. The number of aliphatic hydroxyl groups excluding tert-OH is 1. The second-order valence-corrected chi connectivity index (χ2v) is 7.30. The molecule has 0 fully saturated rings. The van der Waals surface area contributed by atoms with Gasteiger partial charge in [0.05, 0.1) is 18.1 Å². The average Bonchev–Trinajstić information content (AvgIpc) is 2.40. The quantitative estimate of drug-likeness (QED) is 0.717. The van der Waals surface area contributed by atoms with Crippen molar-refractivity contribution < 1.29 is 18.3 Å². The lowest BCUT2D eigenvalue weighted by Gasteiger charge is -2.13. The number of benzene rings is 1. The van der Waals surface area contributed by atoms with Gasteiger partial charge in [-0.25, -0.2) is 13.1 Å². The van der Waals surface area contributed by atoms with Gasteiger partial charge in [-0.05, 0) is 42.5 Å². The van der Waals surface area contributed by atoms with E-state index >= 15 is 0 Å². The van der Waals surface area contributed by atoms with Crippen molar-refractivity contribution in [1.29, 1.82) is 0 Å². The van der Waals surface area contributed by atoms with E-state index in [4.69, 9.17) is 4.74 Å². The van der Waals surface area contributed by atoms with Crippen LogP contribution in [0.15, 0.2) is 17.0 Å². The van der Waals surface area contributed by atoms with Crippen molar-refractivity contribution in [3.8, 4) is 0 Å². The minimum atomic E-state index is -3.59. The molecule has 0 unspecified atom stereocenters. The number of nitrogens with one attached hydrogen (secondary N) is 1. The van der Waals surface area contributed by atoms with E-state index in [0.29, 0.717) is 30.3 Å². The van der Waals surface area contributed by atoms with Crippen LogP contribution in [0.3, 0.4) is 0 Å². The van der Waals surface area contributed by atoms with E-state index in [1.165, 1.54) is 6.07 Å². The fourth-order valence-electron chi connectivity index (χ4n) is 1.91. The Morgan fingerprint density at radius 1 is 1.29 bits per heavy atom. The van der Waals surface area contributed by atoms with E-state index in [9.17, 15) is 13.5 Å². The maximum absolute atomic E-state index is 12.3. The number of aliphatic hydroxyl groups is 1. The molecule has 0 saturated carbocycles. The standard InChI is InChI=1S/C15H25NO4S/c1-11(2)10-20-6-5-16-21(18,19)15-8-14(9-17)7-12(3)13(15)4/h7-8,11,16-17H,5-6,9-10H2,1-4H3. The summed E-state index contributed by atoms with van der Waals surface area (Å²) in [5, 5.41) is 9.21. The third-order valence-corrected chi connectivity index (χ3v) is 4.73. The summed E-state index contributed by atoms with van der Waals surface area (Å²) in [5.74, 6) is 0.424. The summed E-state index contributed by atoms with van der Waals surface area (Å²) in [6.07, 6.45) is 0. The lowest BCUT2D eigenvalue weighted by atomic mass is 10.1. The zero-order valence-electron chi connectivity index (χ0n) is 13.1. The van der Waals surface area contributed by atoms with Gasteiger partial charge in [-0.3, -0.25) is 0 Å². The van der Waals surface area contributed by atoms with Crippen LogP contribution in [0.25, 0.3) is 0 Å². The number of rotatable bonds is 8. The van der Waals surface area contributed by atoms with Crippen molar-refractivity contribution in [2.75, 3.05) is 19.8 Å². The molecule has 5 nitrogen and oxygen atoms in total. The van der Waals surface area contributed by atoms with Crippen LogP contribution in [0.2, 0.25) is 0 Å². The first-order valence-electron chi connectivity index (χ1n) is 7.06. The van der Waals surface area contributed by atoms with Crippen molar-refractivity contribution in [2.24, 2.45) is 5.92 Å². The molecule has 0 atom stereocenters. The molecule has 2 N–H and O–H groups in total. The Morgan fingerprint density at radius 2 is 1.95 bits per heavy atom. The van der Waals surface area contributed by atoms with Gasteiger partial charge < -0.3 is 9.84 Å². The molecule has 1 rings (SSSR count). The smallest absolute Gasteiger partial charge is 0.240 e. The minimum Gasteiger partial charge on any atom is -0.392 e. The third-order valence-electron chi connectivity index (χ3n) is 3.14. The number of hydrogen-bond donors (Lipinski definition) is 2. The summed E-state index contributed by atoms with van der Waals surface area (Å²) in [4.78, 5) is 0.218. The molecule has 0 aliphatic carbocycles. The molecular weight excluding hydrogens is 290 g/mol. The van der Waals surface area contributed by atoms with E-state index in [2.05, 4.69) is 4.72 Å². The minimum absolute atomic E-state index is 0.179. The molecule has 0 saturated heterocycles. The summed E-state index contributed by atoms with van der Waals surface area (Å²) < 4.78 is 32.5. The van der Waals surface area contributed by atoms with Crippen LogP contribution in [0.1, 0.15) is 30.5 Å². The van der Waals surface area contributed by atoms with Gasteiger partial charge in [0.15, 0.2) is 0 Å². The van der Waals surface area contributed by atoms with E-state index in [0.717, 1.165) is 5.56 Å². The molecule has 0 bridgehead atoms. The predicted octanol–water partition coefficient (Wildman–Crippen LogP) is 1.75. The zero-order chi connectivity index (χ0) is 16.0. The number of ether oxygens (including phenoxy) is 1. The van der Waals surface area contributed by atoms with Gasteiger partial charge >= 0.3 is 0 Å². The first-order valence-corrected chi connectivity index (χ1v) is 8.54. The summed E-state index contributed by atoms with van der Waals surface area (Å²) in [7, 11) is -3.59. The SMILES string of the molecule is Cc1cc(CO)cc(S(=O)(=O)NCCOCC(C)C)c1C. The highest BCUT2D eigenvalue weighted by atomic mass is 32.2. The maximum atomic E-state index is 12.3. The molecular formula is C15H25NO4S. The molecule has 0 heterocycles. The second-order valence-electron chi connectivity index (χ2n) is 5.56. The van der Waals surface area contributed by atoms with Gasteiger partial charge in [0.2, 0.25) is 10.0 Å². The molecule has 0 aliphatic rings. The van der Waals surface area contributed by atoms with Crippen LogP contribution in [0.5, 0.6) is 0 Å². The Bertz CT molecular complexity index is 567. The average molecular weight is 315 g/mol. The normalized spacial score (nSPS) is 12.1. The molecule has 6 heteroatoms. The molecule has 0 spiro atoms. The van der Waals surface area contributed by atoms with Gasteiger partial charge in [-0.15, -0.1) is 0 Å². The third kappa shape index (κ3) is 5.39. The number of sulfonamides is 1. The van der Waals surface area contributed by atoms with E-state index < -0.39 is 10.0 Å². The molecule has 1 aromatic carbocycles. The van der Waals surface area contributed by atoms with Crippen LogP contribution in [0, 0.1) is 19.8 Å². The summed E-state index contributed by atoms with van der Waals surface area (Å²) in [5.41, 5.74) is 2.13. The summed E-state index contributed by atoms with van der Waals surface area (Å²) in [6, 6.07) is 3.31. The highest BCUT2D eigenvalue weighted by molar-refractivity contribution is 7.89. The van der Waals surface area contributed by atoms with E-state index in [-0.39, 0.29) is 18.0 Å². The Kier molecular flexibility index (Phi) is 6.80. The fourth-order valence-corrected chi connectivity index (χ4v) is 3.29.